The number of halogens is 1. The minimum atomic E-state index is 0.644. The number of rotatable bonds is 7. The van der Waals surface area contributed by atoms with E-state index in [9.17, 15) is 0 Å². The van der Waals surface area contributed by atoms with Gasteiger partial charge in [0.05, 0.1) is 6.61 Å². The molecule has 0 aliphatic heterocycles. The first-order chi connectivity index (χ1) is 9.81. The van der Waals surface area contributed by atoms with Crippen LogP contribution < -0.4 is 10.1 Å². The van der Waals surface area contributed by atoms with E-state index < -0.39 is 0 Å². The van der Waals surface area contributed by atoms with Crippen molar-refractivity contribution < 1.29 is 9.47 Å². The highest BCUT2D eigenvalue weighted by Crippen LogP contribution is 2.30. The van der Waals surface area contributed by atoms with Gasteiger partial charge >= 0.3 is 0 Å². The number of hydrogen-bond donors (Lipinski definition) is 1. The van der Waals surface area contributed by atoms with Gasteiger partial charge in [-0.3, -0.25) is 0 Å². The normalized spacial score (nSPS) is 10.5. The zero-order valence-electron chi connectivity index (χ0n) is 11.4. The minimum absolute atomic E-state index is 0.644. The fourth-order valence-corrected chi connectivity index (χ4v) is 2.04. The Kier molecular flexibility index (Phi) is 5.87. The molecule has 2 rings (SSSR count). The number of para-hydroxylation sites is 1. The van der Waals surface area contributed by atoms with Crippen molar-refractivity contribution in [1.82, 2.24) is 5.32 Å². The van der Waals surface area contributed by atoms with Crippen LogP contribution in [0.4, 0.5) is 0 Å². The molecule has 0 aliphatic rings. The van der Waals surface area contributed by atoms with Crippen LogP contribution in [-0.4, -0.2) is 20.3 Å². The molecule has 3 nitrogen and oxygen atoms in total. The lowest BCUT2D eigenvalue weighted by molar-refractivity contribution is 0.199. The molecule has 0 saturated heterocycles. The number of ether oxygens (including phenoxy) is 2. The van der Waals surface area contributed by atoms with E-state index in [0.29, 0.717) is 18.2 Å². The summed E-state index contributed by atoms with van der Waals surface area (Å²) in [4.78, 5) is 0. The summed E-state index contributed by atoms with van der Waals surface area (Å²) in [5, 5.41) is 3.98. The van der Waals surface area contributed by atoms with E-state index in [-0.39, 0.29) is 0 Å². The summed E-state index contributed by atoms with van der Waals surface area (Å²) in [5.74, 6) is 1.57. The maximum absolute atomic E-state index is 6.26. The van der Waals surface area contributed by atoms with Crippen LogP contribution >= 0.6 is 11.6 Å². The lowest BCUT2D eigenvalue weighted by atomic mass is 10.2. The third kappa shape index (κ3) is 4.23. The SMILES string of the molecule is COCCNCc1c(Cl)cccc1Oc1ccccc1. The average Bonchev–Trinajstić information content (AvgIpc) is 2.47. The van der Waals surface area contributed by atoms with Crippen LogP contribution in [0.3, 0.4) is 0 Å². The molecule has 0 radical (unpaired) electrons. The van der Waals surface area contributed by atoms with Gasteiger partial charge in [0.1, 0.15) is 11.5 Å². The molecule has 0 aliphatic carbocycles. The van der Waals surface area contributed by atoms with E-state index in [1.165, 1.54) is 0 Å². The molecule has 0 atom stereocenters. The molecule has 4 heteroatoms. The van der Waals surface area contributed by atoms with Crippen molar-refractivity contribution in [3.8, 4) is 11.5 Å². The highest BCUT2D eigenvalue weighted by molar-refractivity contribution is 6.31. The predicted molar refractivity (Wildman–Crippen MR) is 81.6 cm³/mol. The topological polar surface area (TPSA) is 30.5 Å². The molecular weight excluding hydrogens is 274 g/mol. The summed E-state index contributed by atoms with van der Waals surface area (Å²) < 4.78 is 10.9. The quantitative estimate of drug-likeness (QED) is 0.786. The fourth-order valence-electron chi connectivity index (χ4n) is 1.81. The molecule has 2 aromatic carbocycles. The van der Waals surface area contributed by atoms with E-state index in [2.05, 4.69) is 5.32 Å². The summed E-state index contributed by atoms with van der Waals surface area (Å²) in [6.45, 7) is 2.08. The van der Waals surface area contributed by atoms with Crippen molar-refractivity contribution >= 4 is 11.6 Å². The standard InChI is InChI=1S/C16H18ClNO2/c1-19-11-10-18-12-14-15(17)8-5-9-16(14)20-13-6-3-2-4-7-13/h2-9,18H,10-12H2,1H3. The Balaban J connectivity index is 2.09. The summed E-state index contributed by atoms with van der Waals surface area (Å²) in [5.41, 5.74) is 0.953. The minimum Gasteiger partial charge on any atom is -0.457 e. The van der Waals surface area contributed by atoms with Gasteiger partial charge in [0.2, 0.25) is 0 Å². The van der Waals surface area contributed by atoms with Crippen molar-refractivity contribution in [2.45, 2.75) is 6.54 Å². The molecule has 0 unspecified atom stereocenters. The molecule has 0 bridgehead atoms. The molecule has 0 aromatic heterocycles. The van der Waals surface area contributed by atoms with Crippen LogP contribution in [-0.2, 0) is 11.3 Å². The predicted octanol–water partition coefficient (Wildman–Crippen LogP) is 3.87. The summed E-state index contributed by atoms with van der Waals surface area (Å²) in [6, 6.07) is 15.4. The van der Waals surface area contributed by atoms with E-state index in [4.69, 9.17) is 21.1 Å². The van der Waals surface area contributed by atoms with E-state index in [0.717, 1.165) is 23.6 Å². The van der Waals surface area contributed by atoms with Crippen molar-refractivity contribution in [2.75, 3.05) is 20.3 Å². The van der Waals surface area contributed by atoms with Crippen LogP contribution in [0.2, 0.25) is 5.02 Å². The highest BCUT2D eigenvalue weighted by atomic mass is 35.5. The molecule has 0 heterocycles. The number of methoxy groups -OCH3 is 1. The largest absolute Gasteiger partial charge is 0.457 e. The first-order valence-electron chi connectivity index (χ1n) is 6.51. The van der Waals surface area contributed by atoms with Crippen LogP contribution in [0.15, 0.2) is 48.5 Å². The Morgan fingerprint density at radius 1 is 1.05 bits per heavy atom. The van der Waals surface area contributed by atoms with Gasteiger partial charge in [-0.05, 0) is 24.3 Å². The first kappa shape index (κ1) is 14.9. The van der Waals surface area contributed by atoms with Gasteiger partial charge in [0.15, 0.2) is 0 Å². The van der Waals surface area contributed by atoms with E-state index in [1.54, 1.807) is 7.11 Å². The molecule has 2 aromatic rings. The molecule has 0 fully saturated rings. The number of nitrogens with one attached hydrogen (secondary N) is 1. The Morgan fingerprint density at radius 3 is 2.60 bits per heavy atom. The van der Waals surface area contributed by atoms with Gasteiger partial charge in [-0.15, -0.1) is 0 Å². The third-order valence-electron chi connectivity index (χ3n) is 2.83. The molecule has 0 saturated carbocycles. The first-order valence-corrected chi connectivity index (χ1v) is 6.89. The number of benzene rings is 2. The van der Waals surface area contributed by atoms with E-state index in [1.807, 2.05) is 48.5 Å². The Hall–Kier alpha value is -1.55. The van der Waals surface area contributed by atoms with Crippen molar-refractivity contribution in [1.29, 1.82) is 0 Å². The van der Waals surface area contributed by atoms with Crippen LogP contribution in [0, 0.1) is 0 Å². The summed E-state index contributed by atoms with van der Waals surface area (Å²) in [7, 11) is 1.68. The molecule has 1 N–H and O–H groups in total. The summed E-state index contributed by atoms with van der Waals surface area (Å²) in [6.07, 6.45) is 0. The molecule has 106 valence electrons. The van der Waals surface area contributed by atoms with Gasteiger partial charge < -0.3 is 14.8 Å². The second kappa shape index (κ2) is 7.90. The second-order valence-electron chi connectivity index (χ2n) is 4.30. The third-order valence-corrected chi connectivity index (χ3v) is 3.19. The average molecular weight is 292 g/mol. The Labute approximate surface area is 124 Å². The molecule has 0 spiro atoms. The Morgan fingerprint density at radius 2 is 1.85 bits per heavy atom. The Bertz CT molecular complexity index is 531. The fraction of sp³-hybridized carbons (Fsp3) is 0.250. The lowest BCUT2D eigenvalue weighted by Crippen LogP contribution is -2.19. The monoisotopic (exact) mass is 291 g/mol. The van der Waals surface area contributed by atoms with Crippen molar-refractivity contribution in [3.05, 3.63) is 59.1 Å². The smallest absolute Gasteiger partial charge is 0.133 e. The van der Waals surface area contributed by atoms with Crippen molar-refractivity contribution in [2.24, 2.45) is 0 Å². The van der Waals surface area contributed by atoms with Gasteiger partial charge in [-0.2, -0.15) is 0 Å². The van der Waals surface area contributed by atoms with Gasteiger partial charge in [0, 0.05) is 30.8 Å². The van der Waals surface area contributed by atoms with Gasteiger partial charge in [-0.25, -0.2) is 0 Å². The second-order valence-corrected chi connectivity index (χ2v) is 4.71. The lowest BCUT2D eigenvalue weighted by Gasteiger charge is -2.13. The van der Waals surface area contributed by atoms with Crippen molar-refractivity contribution in [3.63, 3.8) is 0 Å². The summed E-state index contributed by atoms with van der Waals surface area (Å²) >= 11 is 6.26. The maximum Gasteiger partial charge on any atom is 0.133 e. The van der Waals surface area contributed by atoms with Crippen LogP contribution in [0.5, 0.6) is 11.5 Å². The maximum atomic E-state index is 6.26. The van der Waals surface area contributed by atoms with Gasteiger partial charge in [-0.1, -0.05) is 35.9 Å². The van der Waals surface area contributed by atoms with Crippen LogP contribution in [0.25, 0.3) is 0 Å². The number of hydrogen-bond acceptors (Lipinski definition) is 3. The molecule has 20 heavy (non-hydrogen) atoms. The molecule has 0 amide bonds. The zero-order valence-corrected chi connectivity index (χ0v) is 12.2. The molecular formula is C16H18ClNO2. The van der Waals surface area contributed by atoms with E-state index >= 15 is 0 Å². The highest BCUT2D eigenvalue weighted by Gasteiger charge is 2.08. The zero-order chi connectivity index (χ0) is 14.2. The van der Waals surface area contributed by atoms with Gasteiger partial charge in [0.25, 0.3) is 0 Å². The van der Waals surface area contributed by atoms with Crippen LogP contribution in [0.1, 0.15) is 5.56 Å².